The first-order valence-electron chi connectivity index (χ1n) is 7.15. The maximum Gasteiger partial charge on any atom is 0.166 e. The van der Waals surface area contributed by atoms with E-state index in [2.05, 4.69) is 11.0 Å². The fourth-order valence-electron chi connectivity index (χ4n) is 3.31. The van der Waals surface area contributed by atoms with Crippen LogP contribution in [0.15, 0.2) is 18.2 Å². The van der Waals surface area contributed by atoms with Crippen molar-refractivity contribution in [2.75, 3.05) is 46.6 Å². The fraction of sp³-hybridized carbons (Fsp3) is 0.600. The van der Waals surface area contributed by atoms with Crippen molar-refractivity contribution < 1.29 is 14.2 Å². The van der Waals surface area contributed by atoms with Crippen LogP contribution in [0, 0.1) is 0 Å². The lowest BCUT2D eigenvalue weighted by atomic mass is 9.82. The van der Waals surface area contributed by atoms with E-state index < -0.39 is 0 Å². The molecule has 1 atom stereocenters. The number of hydrogen-bond acceptors (Lipinski definition) is 5. The number of methoxy groups -OCH3 is 1. The molecule has 110 valence electrons. The summed E-state index contributed by atoms with van der Waals surface area (Å²) in [4.78, 5) is 2.44. The van der Waals surface area contributed by atoms with Crippen LogP contribution in [0.2, 0.25) is 0 Å². The number of nitrogens with two attached hydrogens (primary N) is 1. The molecule has 5 heteroatoms. The first kappa shape index (κ1) is 13.7. The molecule has 0 bridgehead atoms. The van der Waals surface area contributed by atoms with Crippen LogP contribution in [0.25, 0.3) is 0 Å². The summed E-state index contributed by atoms with van der Waals surface area (Å²) in [6.07, 6.45) is 0.906. The molecule has 1 unspecified atom stereocenters. The van der Waals surface area contributed by atoms with Crippen LogP contribution in [0.3, 0.4) is 0 Å². The number of hydrogen-bond donors (Lipinski definition) is 1. The number of morpholine rings is 1. The molecule has 0 aromatic heterocycles. The molecular weight excluding hydrogens is 256 g/mol. The largest absolute Gasteiger partial charge is 0.493 e. The van der Waals surface area contributed by atoms with Gasteiger partial charge in [0, 0.05) is 31.6 Å². The van der Waals surface area contributed by atoms with E-state index in [4.69, 9.17) is 19.9 Å². The molecule has 3 rings (SSSR count). The Hall–Kier alpha value is -1.30. The normalized spacial score (nSPS) is 26.7. The van der Waals surface area contributed by atoms with Crippen molar-refractivity contribution in [3.8, 4) is 11.5 Å². The fourth-order valence-corrected chi connectivity index (χ4v) is 3.31. The summed E-state index contributed by atoms with van der Waals surface area (Å²) in [7, 11) is 1.67. The van der Waals surface area contributed by atoms with Gasteiger partial charge in [-0.3, -0.25) is 4.90 Å². The van der Waals surface area contributed by atoms with Crippen molar-refractivity contribution in [2.24, 2.45) is 5.73 Å². The molecule has 2 N–H and O–H groups in total. The van der Waals surface area contributed by atoms with Crippen molar-refractivity contribution in [1.82, 2.24) is 4.90 Å². The average Bonchev–Trinajstić information content (AvgIpc) is 2.54. The molecule has 1 aromatic carbocycles. The Balaban J connectivity index is 2.05. The Morgan fingerprint density at radius 3 is 2.80 bits per heavy atom. The molecule has 20 heavy (non-hydrogen) atoms. The Morgan fingerprint density at radius 1 is 1.30 bits per heavy atom. The Kier molecular flexibility index (Phi) is 3.83. The second-order valence-corrected chi connectivity index (χ2v) is 5.27. The summed E-state index contributed by atoms with van der Waals surface area (Å²) in [6, 6.07) is 6.06. The van der Waals surface area contributed by atoms with E-state index in [1.807, 2.05) is 12.1 Å². The highest BCUT2D eigenvalue weighted by atomic mass is 16.5. The SMILES string of the molecule is COc1cccc2c1OCCC2(CN)N1CCOCC1. The molecule has 2 aliphatic heterocycles. The summed E-state index contributed by atoms with van der Waals surface area (Å²) in [6.45, 7) is 4.60. The van der Waals surface area contributed by atoms with Crippen LogP contribution in [-0.4, -0.2) is 51.5 Å². The van der Waals surface area contributed by atoms with Gasteiger partial charge in [-0.25, -0.2) is 0 Å². The second-order valence-electron chi connectivity index (χ2n) is 5.27. The Labute approximate surface area is 119 Å². The van der Waals surface area contributed by atoms with E-state index in [0.717, 1.165) is 49.8 Å². The molecule has 2 heterocycles. The molecule has 2 aliphatic rings. The van der Waals surface area contributed by atoms with Crippen molar-refractivity contribution in [3.63, 3.8) is 0 Å². The summed E-state index contributed by atoms with van der Waals surface area (Å²) in [5.74, 6) is 1.63. The van der Waals surface area contributed by atoms with Crippen LogP contribution < -0.4 is 15.2 Å². The van der Waals surface area contributed by atoms with Crippen molar-refractivity contribution in [3.05, 3.63) is 23.8 Å². The lowest BCUT2D eigenvalue weighted by molar-refractivity contribution is -0.0368. The van der Waals surface area contributed by atoms with Gasteiger partial charge in [0.25, 0.3) is 0 Å². The number of nitrogens with zero attached hydrogens (tertiary/aromatic N) is 1. The Bertz CT molecular complexity index is 474. The molecule has 5 nitrogen and oxygen atoms in total. The number of fused-ring (bicyclic) bond motifs is 1. The van der Waals surface area contributed by atoms with Gasteiger partial charge in [0.1, 0.15) is 0 Å². The summed E-state index contributed by atoms with van der Waals surface area (Å²) in [5, 5.41) is 0. The van der Waals surface area contributed by atoms with Gasteiger partial charge in [-0.15, -0.1) is 0 Å². The molecular formula is C15H22N2O3. The molecule has 0 spiro atoms. The van der Waals surface area contributed by atoms with Crippen LogP contribution in [0.5, 0.6) is 11.5 Å². The van der Waals surface area contributed by atoms with Gasteiger partial charge in [-0.05, 0) is 6.07 Å². The van der Waals surface area contributed by atoms with Crippen LogP contribution in [0.4, 0.5) is 0 Å². The minimum Gasteiger partial charge on any atom is -0.493 e. The maximum absolute atomic E-state index is 6.20. The third kappa shape index (κ3) is 2.06. The monoisotopic (exact) mass is 278 g/mol. The van der Waals surface area contributed by atoms with Gasteiger partial charge in [-0.2, -0.15) is 0 Å². The number of ether oxygens (including phenoxy) is 3. The van der Waals surface area contributed by atoms with Crippen LogP contribution in [-0.2, 0) is 10.3 Å². The molecule has 0 saturated carbocycles. The minimum atomic E-state index is -0.161. The number of rotatable bonds is 3. The molecule has 0 aliphatic carbocycles. The van der Waals surface area contributed by atoms with Crippen LogP contribution >= 0.6 is 0 Å². The molecule has 1 aromatic rings. The number of benzene rings is 1. The third-order valence-corrected chi connectivity index (χ3v) is 4.42. The van der Waals surface area contributed by atoms with Gasteiger partial charge in [0.05, 0.1) is 32.5 Å². The predicted octanol–water partition coefficient (Wildman–Crippen LogP) is 0.964. The highest BCUT2D eigenvalue weighted by Crippen LogP contribution is 2.45. The summed E-state index contributed by atoms with van der Waals surface area (Å²) < 4.78 is 16.8. The van der Waals surface area contributed by atoms with Crippen molar-refractivity contribution in [2.45, 2.75) is 12.0 Å². The topological polar surface area (TPSA) is 57.0 Å². The highest BCUT2D eigenvalue weighted by molar-refractivity contribution is 5.51. The minimum absolute atomic E-state index is 0.161. The van der Waals surface area contributed by atoms with E-state index in [-0.39, 0.29) is 5.54 Å². The van der Waals surface area contributed by atoms with Gasteiger partial charge < -0.3 is 19.9 Å². The quantitative estimate of drug-likeness (QED) is 0.892. The van der Waals surface area contributed by atoms with Gasteiger partial charge in [-0.1, -0.05) is 12.1 Å². The summed E-state index contributed by atoms with van der Waals surface area (Å²) >= 11 is 0. The molecule has 0 amide bonds. The lowest BCUT2D eigenvalue weighted by Crippen LogP contribution is -2.57. The predicted molar refractivity (Wildman–Crippen MR) is 76.2 cm³/mol. The lowest BCUT2D eigenvalue weighted by Gasteiger charge is -2.48. The van der Waals surface area contributed by atoms with E-state index in [9.17, 15) is 0 Å². The van der Waals surface area contributed by atoms with E-state index in [0.29, 0.717) is 13.2 Å². The standard InChI is InChI=1S/C15H22N2O3/c1-18-13-4-2-3-12-14(13)20-8-5-15(12,11-16)17-6-9-19-10-7-17/h2-4H,5-11,16H2,1H3. The van der Waals surface area contributed by atoms with Gasteiger partial charge in [0.15, 0.2) is 11.5 Å². The zero-order valence-electron chi connectivity index (χ0n) is 11.9. The average molecular weight is 278 g/mol. The zero-order chi connectivity index (χ0) is 14.0. The first-order valence-corrected chi connectivity index (χ1v) is 7.15. The highest BCUT2D eigenvalue weighted by Gasteiger charge is 2.43. The maximum atomic E-state index is 6.20. The van der Waals surface area contributed by atoms with E-state index in [1.165, 1.54) is 0 Å². The van der Waals surface area contributed by atoms with E-state index >= 15 is 0 Å². The summed E-state index contributed by atoms with van der Waals surface area (Å²) in [5.41, 5.74) is 7.18. The first-order chi connectivity index (χ1) is 9.81. The van der Waals surface area contributed by atoms with Crippen molar-refractivity contribution >= 4 is 0 Å². The molecule has 0 radical (unpaired) electrons. The van der Waals surface area contributed by atoms with Gasteiger partial charge in [0.2, 0.25) is 0 Å². The second kappa shape index (κ2) is 5.60. The number of para-hydroxylation sites is 1. The van der Waals surface area contributed by atoms with Crippen molar-refractivity contribution in [1.29, 1.82) is 0 Å². The smallest absolute Gasteiger partial charge is 0.166 e. The Morgan fingerprint density at radius 2 is 2.10 bits per heavy atom. The third-order valence-electron chi connectivity index (χ3n) is 4.42. The molecule has 1 fully saturated rings. The van der Waals surface area contributed by atoms with Crippen LogP contribution in [0.1, 0.15) is 12.0 Å². The van der Waals surface area contributed by atoms with E-state index in [1.54, 1.807) is 7.11 Å². The zero-order valence-corrected chi connectivity index (χ0v) is 11.9. The molecule has 1 saturated heterocycles. The van der Waals surface area contributed by atoms with Gasteiger partial charge >= 0.3 is 0 Å².